The van der Waals surface area contributed by atoms with E-state index in [9.17, 15) is 0 Å². The smallest absolute Gasteiger partial charge is 0.0602 e. The van der Waals surface area contributed by atoms with E-state index >= 15 is 0 Å². The summed E-state index contributed by atoms with van der Waals surface area (Å²) < 4.78 is 0. The van der Waals surface area contributed by atoms with Crippen LogP contribution in [0, 0.1) is 35.0 Å². The number of hydrogen-bond donors (Lipinski definition) is 1. The van der Waals surface area contributed by atoms with Crippen LogP contribution in [0.3, 0.4) is 0 Å². The molecule has 0 radical (unpaired) electrons. The van der Waals surface area contributed by atoms with Crippen molar-refractivity contribution in [3.8, 4) is 11.8 Å². The molecule has 5 rings (SSSR count). The minimum absolute atomic E-state index is 0.447. The number of rotatable bonds is 1. The number of nitrogens with one attached hydrogen (secondary N) is 1. The summed E-state index contributed by atoms with van der Waals surface area (Å²) in [5.74, 6) is 10.4. The van der Waals surface area contributed by atoms with Crippen LogP contribution in [-0.2, 0) is 0 Å². The molecule has 5 aliphatic rings. The normalized spacial score (nSPS) is 44.9. The highest BCUT2D eigenvalue weighted by molar-refractivity contribution is 5.19. The van der Waals surface area contributed by atoms with Gasteiger partial charge in [0.2, 0.25) is 0 Å². The Morgan fingerprint density at radius 3 is 2.11 bits per heavy atom. The van der Waals surface area contributed by atoms with E-state index in [4.69, 9.17) is 0 Å². The van der Waals surface area contributed by atoms with Gasteiger partial charge in [0, 0.05) is 31.6 Å². The van der Waals surface area contributed by atoms with Crippen molar-refractivity contribution in [2.24, 2.45) is 23.2 Å². The van der Waals surface area contributed by atoms with Crippen LogP contribution in [0.2, 0.25) is 0 Å². The maximum Gasteiger partial charge on any atom is 0.0602 e. The molecule has 4 saturated carbocycles. The standard InChI is InChI=1S/C17H26N2/c1(5-19-6-3-18-4-7-19)2-17-11-14-8-15(12-17)10-16(9-14)13-17/h14-16,18H,3-13H2. The summed E-state index contributed by atoms with van der Waals surface area (Å²) >= 11 is 0. The minimum atomic E-state index is 0.447. The predicted octanol–water partition coefficient (Wildman–Crippen LogP) is 2.11. The topological polar surface area (TPSA) is 15.3 Å². The van der Waals surface area contributed by atoms with Crippen molar-refractivity contribution in [1.82, 2.24) is 10.2 Å². The number of piperazine rings is 1. The van der Waals surface area contributed by atoms with E-state index in [1.165, 1.54) is 51.6 Å². The van der Waals surface area contributed by atoms with Gasteiger partial charge in [-0.05, 0) is 56.3 Å². The first kappa shape index (κ1) is 12.2. The van der Waals surface area contributed by atoms with Crippen molar-refractivity contribution in [1.29, 1.82) is 0 Å². The van der Waals surface area contributed by atoms with Gasteiger partial charge in [-0.3, -0.25) is 4.90 Å². The Balaban J connectivity index is 1.42. The summed E-state index contributed by atoms with van der Waals surface area (Å²) in [6, 6.07) is 0. The van der Waals surface area contributed by atoms with E-state index in [1.807, 2.05) is 0 Å². The van der Waals surface area contributed by atoms with Gasteiger partial charge in [-0.1, -0.05) is 11.8 Å². The molecule has 0 aromatic heterocycles. The van der Waals surface area contributed by atoms with E-state index < -0.39 is 0 Å². The molecule has 104 valence electrons. The Kier molecular flexibility index (Phi) is 3.09. The van der Waals surface area contributed by atoms with Gasteiger partial charge in [-0.25, -0.2) is 0 Å². The molecule has 0 spiro atoms. The van der Waals surface area contributed by atoms with Gasteiger partial charge in [-0.15, -0.1) is 0 Å². The molecule has 2 heteroatoms. The van der Waals surface area contributed by atoms with Crippen molar-refractivity contribution in [2.45, 2.75) is 38.5 Å². The second-order valence-corrected chi connectivity index (χ2v) is 7.53. The average molecular weight is 258 g/mol. The van der Waals surface area contributed by atoms with Crippen LogP contribution < -0.4 is 5.32 Å². The van der Waals surface area contributed by atoms with Crippen molar-refractivity contribution < 1.29 is 0 Å². The molecule has 1 saturated heterocycles. The molecule has 0 amide bonds. The zero-order valence-corrected chi connectivity index (χ0v) is 12.0. The maximum atomic E-state index is 3.76. The summed E-state index contributed by atoms with van der Waals surface area (Å²) in [4.78, 5) is 2.50. The highest BCUT2D eigenvalue weighted by Crippen LogP contribution is 2.59. The van der Waals surface area contributed by atoms with Crippen LogP contribution in [0.1, 0.15) is 38.5 Å². The van der Waals surface area contributed by atoms with Crippen LogP contribution in [0.5, 0.6) is 0 Å². The molecule has 1 aliphatic heterocycles. The quantitative estimate of drug-likeness (QED) is 0.725. The Bertz CT molecular complexity index is 362. The van der Waals surface area contributed by atoms with E-state index in [0.717, 1.165) is 37.4 Å². The van der Waals surface area contributed by atoms with Crippen molar-refractivity contribution in [3.63, 3.8) is 0 Å². The Morgan fingerprint density at radius 1 is 0.947 bits per heavy atom. The molecule has 0 atom stereocenters. The third kappa shape index (κ3) is 2.43. The molecule has 1 heterocycles. The molecule has 0 aromatic carbocycles. The largest absolute Gasteiger partial charge is 0.314 e. The molecule has 1 N–H and O–H groups in total. The third-order valence-electron chi connectivity index (χ3n) is 5.90. The summed E-state index contributed by atoms with van der Waals surface area (Å²) in [6.07, 6.45) is 8.85. The first-order chi connectivity index (χ1) is 9.31. The highest BCUT2D eigenvalue weighted by atomic mass is 15.2. The lowest BCUT2D eigenvalue weighted by atomic mass is 9.50. The summed E-state index contributed by atoms with van der Waals surface area (Å²) in [6.45, 7) is 5.63. The van der Waals surface area contributed by atoms with Gasteiger partial charge in [0.15, 0.2) is 0 Å². The Morgan fingerprint density at radius 2 is 1.53 bits per heavy atom. The second-order valence-electron chi connectivity index (χ2n) is 7.53. The maximum absolute atomic E-state index is 3.76. The van der Waals surface area contributed by atoms with Crippen LogP contribution in [0.4, 0.5) is 0 Å². The predicted molar refractivity (Wildman–Crippen MR) is 77.7 cm³/mol. The van der Waals surface area contributed by atoms with Crippen molar-refractivity contribution >= 4 is 0 Å². The summed E-state index contributed by atoms with van der Waals surface area (Å²) in [7, 11) is 0. The summed E-state index contributed by atoms with van der Waals surface area (Å²) in [5.41, 5.74) is 0.447. The van der Waals surface area contributed by atoms with E-state index in [0.29, 0.717) is 5.41 Å². The molecule has 2 nitrogen and oxygen atoms in total. The lowest BCUT2D eigenvalue weighted by molar-refractivity contribution is -0.0182. The fourth-order valence-corrected chi connectivity index (χ4v) is 5.47. The fraction of sp³-hybridized carbons (Fsp3) is 0.882. The lowest BCUT2D eigenvalue weighted by Gasteiger charge is -2.54. The minimum Gasteiger partial charge on any atom is -0.314 e. The van der Waals surface area contributed by atoms with Gasteiger partial charge in [0.25, 0.3) is 0 Å². The fourth-order valence-electron chi connectivity index (χ4n) is 5.47. The number of hydrogen-bond acceptors (Lipinski definition) is 2. The molecule has 0 unspecified atom stereocenters. The van der Waals surface area contributed by atoms with E-state index in [2.05, 4.69) is 22.1 Å². The highest BCUT2D eigenvalue weighted by Gasteiger charge is 2.50. The SMILES string of the molecule is C(#CC12CC3CC(CC(C3)C1)C2)CN1CCNCC1. The molecule has 4 bridgehead atoms. The van der Waals surface area contributed by atoms with Gasteiger partial charge in [0.05, 0.1) is 6.54 Å². The van der Waals surface area contributed by atoms with E-state index in [-0.39, 0.29) is 0 Å². The van der Waals surface area contributed by atoms with Crippen LogP contribution >= 0.6 is 0 Å². The number of nitrogens with zero attached hydrogens (tertiary/aromatic N) is 1. The lowest BCUT2D eigenvalue weighted by Crippen LogP contribution is -2.45. The van der Waals surface area contributed by atoms with Crippen molar-refractivity contribution in [2.75, 3.05) is 32.7 Å². The van der Waals surface area contributed by atoms with Crippen LogP contribution in [0.15, 0.2) is 0 Å². The van der Waals surface area contributed by atoms with E-state index in [1.54, 1.807) is 0 Å². The van der Waals surface area contributed by atoms with Crippen LogP contribution in [0.25, 0.3) is 0 Å². The third-order valence-corrected chi connectivity index (χ3v) is 5.90. The monoisotopic (exact) mass is 258 g/mol. The Labute approximate surface area is 117 Å². The van der Waals surface area contributed by atoms with Crippen LogP contribution in [-0.4, -0.2) is 37.6 Å². The van der Waals surface area contributed by atoms with Gasteiger partial charge < -0.3 is 5.32 Å². The average Bonchev–Trinajstić information content (AvgIpc) is 2.38. The first-order valence-electron chi connectivity index (χ1n) is 8.24. The molecular weight excluding hydrogens is 232 g/mol. The van der Waals surface area contributed by atoms with Crippen molar-refractivity contribution in [3.05, 3.63) is 0 Å². The molecule has 0 aromatic rings. The molecule has 5 fully saturated rings. The first-order valence-corrected chi connectivity index (χ1v) is 8.24. The molecular formula is C17H26N2. The zero-order chi connectivity index (χ0) is 12.7. The van der Waals surface area contributed by atoms with Gasteiger partial charge in [-0.2, -0.15) is 0 Å². The molecule has 4 aliphatic carbocycles. The Hall–Kier alpha value is -0.520. The molecule has 19 heavy (non-hydrogen) atoms. The van der Waals surface area contributed by atoms with Gasteiger partial charge >= 0.3 is 0 Å². The van der Waals surface area contributed by atoms with Gasteiger partial charge in [0.1, 0.15) is 0 Å². The zero-order valence-electron chi connectivity index (χ0n) is 12.0. The summed E-state index contributed by atoms with van der Waals surface area (Å²) in [5, 5.41) is 3.41. The second kappa shape index (κ2) is 4.79.